The molecule has 20 heavy (non-hydrogen) atoms. The van der Waals surface area contributed by atoms with Crippen molar-refractivity contribution in [3.05, 3.63) is 38.9 Å². The Morgan fingerprint density at radius 3 is 2.90 bits per heavy atom. The van der Waals surface area contributed by atoms with Crippen LogP contribution in [0.1, 0.15) is 23.2 Å². The summed E-state index contributed by atoms with van der Waals surface area (Å²) in [5.74, 6) is -0.262. The Bertz CT molecular complexity index is 536. The van der Waals surface area contributed by atoms with Crippen molar-refractivity contribution in [2.75, 3.05) is 20.1 Å². The van der Waals surface area contributed by atoms with Gasteiger partial charge in [0.15, 0.2) is 0 Å². The second kappa shape index (κ2) is 6.19. The molecule has 1 amide bonds. The Morgan fingerprint density at radius 2 is 2.35 bits per heavy atom. The van der Waals surface area contributed by atoms with Crippen molar-refractivity contribution >= 4 is 23.2 Å². The molecule has 2 rings (SSSR count). The maximum Gasteiger partial charge on any atom is 0.287 e. The van der Waals surface area contributed by atoms with E-state index >= 15 is 0 Å². The first-order valence-electron chi connectivity index (χ1n) is 6.41. The molecule has 1 N–H and O–H groups in total. The summed E-state index contributed by atoms with van der Waals surface area (Å²) in [6, 6.07) is 4.34. The minimum atomic E-state index is -0.572. The van der Waals surface area contributed by atoms with Crippen LogP contribution in [0.15, 0.2) is 18.2 Å². The molecular weight excluding hydrogens is 282 g/mol. The van der Waals surface area contributed by atoms with E-state index in [1.54, 1.807) is 0 Å². The van der Waals surface area contributed by atoms with Gasteiger partial charge in [0.2, 0.25) is 0 Å². The molecule has 0 aliphatic carbocycles. The Labute approximate surface area is 121 Å². The first-order chi connectivity index (χ1) is 9.49. The maximum absolute atomic E-state index is 12.0. The molecule has 1 heterocycles. The highest BCUT2D eigenvalue weighted by Crippen LogP contribution is 2.25. The number of nitro groups is 1. The van der Waals surface area contributed by atoms with Crippen molar-refractivity contribution in [1.82, 2.24) is 10.2 Å². The van der Waals surface area contributed by atoms with Gasteiger partial charge in [0.25, 0.3) is 11.6 Å². The Hall–Kier alpha value is -1.66. The van der Waals surface area contributed by atoms with Crippen LogP contribution in [0.4, 0.5) is 5.69 Å². The average Bonchev–Trinajstić information content (AvgIpc) is 2.81. The fraction of sp³-hybridized carbons (Fsp3) is 0.462. The average molecular weight is 298 g/mol. The zero-order chi connectivity index (χ0) is 14.7. The van der Waals surface area contributed by atoms with Crippen LogP contribution in [0.3, 0.4) is 0 Å². The van der Waals surface area contributed by atoms with E-state index in [2.05, 4.69) is 10.2 Å². The van der Waals surface area contributed by atoms with Gasteiger partial charge >= 0.3 is 0 Å². The van der Waals surface area contributed by atoms with Crippen molar-refractivity contribution in [3.63, 3.8) is 0 Å². The van der Waals surface area contributed by atoms with Gasteiger partial charge in [-0.15, -0.1) is 0 Å². The summed E-state index contributed by atoms with van der Waals surface area (Å²) in [5.41, 5.74) is 0.139. The summed E-state index contributed by atoms with van der Waals surface area (Å²) < 4.78 is 0. The van der Waals surface area contributed by atoms with E-state index < -0.39 is 4.92 Å². The Morgan fingerprint density at radius 1 is 1.60 bits per heavy atom. The second-order valence-corrected chi connectivity index (χ2v) is 5.32. The predicted molar refractivity (Wildman–Crippen MR) is 76.1 cm³/mol. The number of nitro benzene ring substituents is 1. The molecule has 108 valence electrons. The third kappa shape index (κ3) is 3.26. The van der Waals surface area contributed by atoms with Crippen molar-refractivity contribution < 1.29 is 9.72 Å². The van der Waals surface area contributed by atoms with Crippen molar-refractivity contribution in [2.45, 2.75) is 18.9 Å². The van der Waals surface area contributed by atoms with E-state index in [9.17, 15) is 14.9 Å². The Kier molecular flexibility index (Phi) is 4.57. The molecule has 1 saturated heterocycles. The van der Waals surface area contributed by atoms with Gasteiger partial charge in [-0.1, -0.05) is 11.6 Å². The minimum absolute atomic E-state index is 0.0272. The summed E-state index contributed by atoms with van der Waals surface area (Å²) in [6.45, 7) is 1.62. The molecule has 0 radical (unpaired) electrons. The van der Waals surface area contributed by atoms with Crippen LogP contribution in [-0.4, -0.2) is 41.9 Å². The summed E-state index contributed by atoms with van der Waals surface area (Å²) in [7, 11) is 2.03. The van der Waals surface area contributed by atoms with Gasteiger partial charge in [0.05, 0.1) is 4.92 Å². The van der Waals surface area contributed by atoms with Gasteiger partial charge in [-0.05, 0) is 38.6 Å². The van der Waals surface area contributed by atoms with Crippen LogP contribution in [0.5, 0.6) is 0 Å². The number of halogens is 1. The van der Waals surface area contributed by atoms with Crippen LogP contribution >= 0.6 is 11.6 Å². The summed E-state index contributed by atoms with van der Waals surface area (Å²) >= 11 is 5.79. The monoisotopic (exact) mass is 297 g/mol. The fourth-order valence-electron chi connectivity index (χ4n) is 2.35. The number of benzene rings is 1. The molecule has 1 aliphatic heterocycles. The van der Waals surface area contributed by atoms with Gasteiger partial charge in [0.1, 0.15) is 5.02 Å². The first-order valence-corrected chi connectivity index (χ1v) is 6.79. The van der Waals surface area contributed by atoms with Gasteiger partial charge in [-0.3, -0.25) is 14.9 Å². The number of likely N-dealkylation sites (tertiary alicyclic amines) is 1. The molecule has 0 saturated carbocycles. The lowest BCUT2D eigenvalue weighted by Crippen LogP contribution is -2.38. The quantitative estimate of drug-likeness (QED) is 0.682. The lowest BCUT2D eigenvalue weighted by Gasteiger charge is -2.19. The number of carbonyl (C=O) groups excluding carboxylic acids is 1. The molecule has 6 nitrogen and oxygen atoms in total. The van der Waals surface area contributed by atoms with Crippen LogP contribution in [0.25, 0.3) is 0 Å². The SMILES string of the molecule is CN1CCCC1CNC(=O)c1ccc([N+](=O)[O-])c(Cl)c1. The van der Waals surface area contributed by atoms with Crippen molar-refractivity contribution in [3.8, 4) is 0 Å². The smallest absolute Gasteiger partial charge is 0.287 e. The molecule has 0 bridgehead atoms. The Balaban J connectivity index is 1.99. The highest BCUT2D eigenvalue weighted by Gasteiger charge is 2.22. The van der Waals surface area contributed by atoms with E-state index in [4.69, 9.17) is 11.6 Å². The van der Waals surface area contributed by atoms with Crippen molar-refractivity contribution in [1.29, 1.82) is 0 Å². The van der Waals surface area contributed by atoms with Gasteiger partial charge in [-0.2, -0.15) is 0 Å². The normalized spacial score (nSPS) is 19.0. The number of carbonyl (C=O) groups is 1. The predicted octanol–water partition coefficient (Wildman–Crippen LogP) is 2.07. The molecule has 0 spiro atoms. The number of rotatable bonds is 4. The highest BCUT2D eigenvalue weighted by atomic mass is 35.5. The largest absolute Gasteiger partial charge is 0.350 e. The minimum Gasteiger partial charge on any atom is -0.350 e. The second-order valence-electron chi connectivity index (χ2n) is 4.91. The van der Waals surface area contributed by atoms with E-state index in [0.717, 1.165) is 19.4 Å². The first kappa shape index (κ1) is 14.7. The van der Waals surface area contributed by atoms with Crippen LogP contribution in [-0.2, 0) is 0 Å². The molecule has 1 unspecified atom stereocenters. The van der Waals surface area contributed by atoms with Crippen LogP contribution in [0.2, 0.25) is 5.02 Å². The fourth-order valence-corrected chi connectivity index (χ4v) is 2.60. The van der Waals surface area contributed by atoms with E-state index in [1.807, 2.05) is 7.05 Å². The van der Waals surface area contributed by atoms with Gasteiger partial charge in [-0.25, -0.2) is 0 Å². The number of hydrogen-bond acceptors (Lipinski definition) is 4. The molecule has 0 aromatic heterocycles. The third-order valence-electron chi connectivity index (χ3n) is 3.58. The van der Waals surface area contributed by atoms with Gasteiger partial charge in [0, 0.05) is 24.2 Å². The lowest BCUT2D eigenvalue weighted by atomic mass is 10.1. The highest BCUT2D eigenvalue weighted by molar-refractivity contribution is 6.33. The number of amides is 1. The number of hydrogen-bond donors (Lipinski definition) is 1. The number of nitrogens with one attached hydrogen (secondary N) is 1. The van der Waals surface area contributed by atoms with Crippen molar-refractivity contribution in [2.24, 2.45) is 0 Å². The summed E-state index contributed by atoms with van der Waals surface area (Å²) in [4.78, 5) is 24.3. The zero-order valence-electron chi connectivity index (χ0n) is 11.1. The molecule has 7 heteroatoms. The molecule has 1 fully saturated rings. The zero-order valence-corrected chi connectivity index (χ0v) is 11.9. The molecule has 1 aromatic rings. The third-order valence-corrected chi connectivity index (χ3v) is 3.88. The molecule has 1 atom stereocenters. The van der Waals surface area contributed by atoms with Gasteiger partial charge < -0.3 is 10.2 Å². The van der Waals surface area contributed by atoms with Crippen LogP contribution in [0, 0.1) is 10.1 Å². The summed E-state index contributed by atoms with van der Waals surface area (Å²) in [6.07, 6.45) is 2.21. The van der Waals surface area contributed by atoms with E-state index in [-0.39, 0.29) is 16.6 Å². The number of likely N-dealkylation sites (N-methyl/N-ethyl adjacent to an activating group) is 1. The van der Waals surface area contributed by atoms with E-state index in [1.165, 1.54) is 18.2 Å². The topological polar surface area (TPSA) is 75.5 Å². The molecular formula is C13H16ClN3O3. The summed E-state index contributed by atoms with van der Waals surface area (Å²) in [5, 5.41) is 13.5. The molecule has 1 aliphatic rings. The lowest BCUT2D eigenvalue weighted by molar-refractivity contribution is -0.384. The maximum atomic E-state index is 12.0. The standard InChI is InChI=1S/C13H16ClN3O3/c1-16-6-2-3-10(16)8-15-13(18)9-4-5-12(17(19)20)11(14)7-9/h4-5,7,10H,2-3,6,8H2,1H3,(H,15,18). The van der Waals surface area contributed by atoms with Crippen LogP contribution < -0.4 is 5.32 Å². The number of nitrogens with zero attached hydrogens (tertiary/aromatic N) is 2. The van der Waals surface area contributed by atoms with E-state index in [0.29, 0.717) is 18.2 Å². The molecule has 1 aromatic carbocycles.